The number of carbonyl (C=O) groups excluding carboxylic acids is 3. The molecule has 2 heterocycles. The van der Waals surface area contributed by atoms with Crippen molar-refractivity contribution in [2.75, 3.05) is 42.7 Å². The largest absolute Gasteiger partial charge is 0.486 e. The highest BCUT2D eigenvalue weighted by molar-refractivity contribution is 5.98. The number of hydrogen-bond donors (Lipinski definition) is 0. The lowest BCUT2D eigenvalue weighted by Gasteiger charge is -2.24. The molecule has 0 bridgehead atoms. The van der Waals surface area contributed by atoms with Crippen LogP contribution in [0.25, 0.3) is 0 Å². The van der Waals surface area contributed by atoms with Crippen LogP contribution < -0.4 is 19.3 Å². The van der Waals surface area contributed by atoms with Gasteiger partial charge in [-0.2, -0.15) is 5.26 Å². The Morgan fingerprint density at radius 2 is 1.85 bits per heavy atom. The van der Waals surface area contributed by atoms with Crippen LogP contribution in [0.1, 0.15) is 29.6 Å². The number of ether oxygens (including phenoxy) is 3. The summed E-state index contributed by atoms with van der Waals surface area (Å²) in [6, 6.07) is 13.6. The Labute approximate surface area is 191 Å². The van der Waals surface area contributed by atoms with Crippen LogP contribution in [0, 0.1) is 11.3 Å². The standard InChI is InChI=1S/C24H23N3O6/c25-10-2-12-27(19-8-9-20-21(15-19)32-14-13-31-20)23(29)16-33-24(30)17-4-6-18(7-5-17)26-11-1-3-22(26)28/h4-9,15H,1-3,11-14,16H2. The number of nitrogens with zero attached hydrogens (tertiary/aromatic N) is 3. The zero-order chi connectivity index (χ0) is 23.2. The predicted octanol–water partition coefficient (Wildman–Crippen LogP) is 2.69. The Hall–Kier alpha value is -4.06. The first kappa shape index (κ1) is 22.1. The molecule has 2 aliphatic rings. The molecule has 0 aromatic heterocycles. The normalized spacial score (nSPS) is 14.5. The predicted molar refractivity (Wildman–Crippen MR) is 118 cm³/mol. The lowest BCUT2D eigenvalue weighted by atomic mass is 10.2. The number of nitriles is 1. The summed E-state index contributed by atoms with van der Waals surface area (Å²) in [5.74, 6) is 0.0532. The first-order valence-corrected chi connectivity index (χ1v) is 10.7. The summed E-state index contributed by atoms with van der Waals surface area (Å²) < 4.78 is 16.3. The summed E-state index contributed by atoms with van der Waals surface area (Å²) in [6.45, 7) is 1.19. The van der Waals surface area contributed by atoms with Crippen molar-refractivity contribution in [2.45, 2.75) is 19.3 Å². The molecule has 0 atom stereocenters. The first-order valence-electron chi connectivity index (χ1n) is 10.7. The second-order valence-corrected chi connectivity index (χ2v) is 7.55. The molecule has 33 heavy (non-hydrogen) atoms. The molecule has 1 saturated heterocycles. The van der Waals surface area contributed by atoms with Gasteiger partial charge in [0.2, 0.25) is 5.91 Å². The highest BCUT2D eigenvalue weighted by Crippen LogP contribution is 2.34. The lowest BCUT2D eigenvalue weighted by Crippen LogP contribution is -2.35. The summed E-state index contributed by atoms with van der Waals surface area (Å²) in [6.07, 6.45) is 1.46. The van der Waals surface area contributed by atoms with Crippen molar-refractivity contribution in [3.63, 3.8) is 0 Å². The van der Waals surface area contributed by atoms with Crippen molar-refractivity contribution in [1.29, 1.82) is 5.26 Å². The van der Waals surface area contributed by atoms with Gasteiger partial charge in [0, 0.05) is 37.0 Å². The Kier molecular flexibility index (Phi) is 6.74. The fraction of sp³-hybridized carbons (Fsp3) is 0.333. The van der Waals surface area contributed by atoms with E-state index in [9.17, 15) is 14.4 Å². The molecule has 1 fully saturated rings. The fourth-order valence-electron chi connectivity index (χ4n) is 3.75. The van der Waals surface area contributed by atoms with E-state index in [-0.39, 0.29) is 24.4 Å². The minimum atomic E-state index is -0.648. The van der Waals surface area contributed by atoms with Gasteiger partial charge in [0.1, 0.15) is 13.2 Å². The number of hydrogen-bond acceptors (Lipinski definition) is 7. The van der Waals surface area contributed by atoms with Gasteiger partial charge in [0.15, 0.2) is 18.1 Å². The van der Waals surface area contributed by atoms with Crippen LogP contribution in [0.4, 0.5) is 11.4 Å². The molecule has 2 aliphatic heterocycles. The summed E-state index contributed by atoms with van der Waals surface area (Å²) in [5.41, 5.74) is 1.53. The molecule has 0 N–H and O–H groups in total. The number of benzene rings is 2. The Morgan fingerprint density at radius 1 is 1.09 bits per heavy atom. The Morgan fingerprint density at radius 3 is 2.55 bits per heavy atom. The van der Waals surface area contributed by atoms with Gasteiger partial charge in [-0.05, 0) is 42.8 Å². The van der Waals surface area contributed by atoms with Gasteiger partial charge < -0.3 is 24.0 Å². The number of rotatable bonds is 7. The third-order valence-electron chi connectivity index (χ3n) is 5.40. The molecule has 0 radical (unpaired) electrons. The summed E-state index contributed by atoms with van der Waals surface area (Å²) in [7, 11) is 0. The van der Waals surface area contributed by atoms with Crippen LogP contribution in [0.3, 0.4) is 0 Å². The first-order chi connectivity index (χ1) is 16.1. The zero-order valence-electron chi connectivity index (χ0n) is 18.0. The second-order valence-electron chi connectivity index (χ2n) is 7.55. The molecule has 9 nitrogen and oxygen atoms in total. The minimum Gasteiger partial charge on any atom is -0.486 e. The van der Waals surface area contributed by atoms with Crippen molar-refractivity contribution in [1.82, 2.24) is 0 Å². The van der Waals surface area contributed by atoms with Crippen molar-refractivity contribution >= 4 is 29.2 Å². The van der Waals surface area contributed by atoms with Crippen LogP contribution in [0.2, 0.25) is 0 Å². The van der Waals surface area contributed by atoms with E-state index in [4.69, 9.17) is 19.5 Å². The average molecular weight is 449 g/mol. The molecular weight excluding hydrogens is 426 g/mol. The molecule has 2 aromatic carbocycles. The maximum atomic E-state index is 12.8. The van der Waals surface area contributed by atoms with Crippen molar-refractivity contribution in [3.05, 3.63) is 48.0 Å². The van der Waals surface area contributed by atoms with Crippen LogP contribution in [0.5, 0.6) is 11.5 Å². The van der Waals surface area contributed by atoms with E-state index >= 15 is 0 Å². The number of carbonyl (C=O) groups is 3. The van der Waals surface area contributed by atoms with Crippen molar-refractivity contribution in [3.8, 4) is 17.6 Å². The molecule has 170 valence electrons. The van der Waals surface area contributed by atoms with Gasteiger partial charge in [-0.3, -0.25) is 9.59 Å². The molecule has 0 saturated carbocycles. The van der Waals surface area contributed by atoms with Gasteiger partial charge in [-0.25, -0.2) is 4.79 Å². The average Bonchev–Trinajstić information content (AvgIpc) is 3.28. The Balaban J connectivity index is 1.40. The maximum Gasteiger partial charge on any atom is 0.338 e. The molecular formula is C24H23N3O6. The monoisotopic (exact) mass is 449 g/mol. The lowest BCUT2D eigenvalue weighted by molar-refractivity contribution is -0.121. The highest BCUT2D eigenvalue weighted by Gasteiger charge is 2.23. The van der Waals surface area contributed by atoms with E-state index in [2.05, 4.69) is 0 Å². The highest BCUT2D eigenvalue weighted by atomic mass is 16.6. The number of amides is 2. The summed E-state index contributed by atoms with van der Waals surface area (Å²) in [5, 5.41) is 8.98. The molecule has 2 amide bonds. The van der Waals surface area contributed by atoms with Gasteiger partial charge in [-0.15, -0.1) is 0 Å². The molecule has 9 heteroatoms. The maximum absolute atomic E-state index is 12.8. The SMILES string of the molecule is N#CCCN(C(=O)COC(=O)c1ccc(N2CCCC2=O)cc1)c1ccc2c(c1)OCCO2. The van der Waals surface area contributed by atoms with Gasteiger partial charge in [0.05, 0.1) is 18.1 Å². The zero-order valence-corrected chi connectivity index (χ0v) is 18.0. The van der Waals surface area contributed by atoms with E-state index in [1.165, 1.54) is 4.90 Å². The fourth-order valence-corrected chi connectivity index (χ4v) is 3.75. The molecule has 0 aliphatic carbocycles. The van der Waals surface area contributed by atoms with Crippen molar-refractivity contribution < 1.29 is 28.6 Å². The van der Waals surface area contributed by atoms with E-state index in [1.54, 1.807) is 47.4 Å². The Bertz CT molecular complexity index is 1090. The number of fused-ring (bicyclic) bond motifs is 1. The smallest absolute Gasteiger partial charge is 0.338 e. The third-order valence-corrected chi connectivity index (χ3v) is 5.40. The van der Waals surface area contributed by atoms with Gasteiger partial charge in [-0.1, -0.05) is 0 Å². The quantitative estimate of drug-likeness (QED) is 0.598. The molecule has 2 aromatic rings. The van der Waals surface area contributed by atoms with Gasteiger partial charge >= 0.3 is 5.97 Å². The number of esters is 1. The van der Waals surface area contributed by atoms with E-state index in [0.29, 0.717) is 43.4 Å². The number of anilines is 2. The van der Waals surface area contributed by atoms with Crippen LogP contribution in [-0.2, 0) is 14.3 Å². The van der Waals surface area contributed by atoms with Crippen molar-refractivity contribution in [2.24, 2.45) is 0 Å². The van der Waals surface area contributed by atoms with Crippen LogP contribution in [0.15, 0.2) is 42.5 Å². The van der Waals surface area contributed by atoms with Crippen LogP contribution in [-0.4, -0.2) is 50.7 Å². The van der Waals surface area contributed by atoms with Gasteiger partial charge in [0.25, 0.3) is 5.91 Å². The molecule has 0 spiro atoms. The van der Waals surface area contributed by atoms with Crippen LogP contribution >= 0.6 is 0 Å². The third kappa shape index (κ3) is 5.06. The van der Waals surface area contributed by atoms with E-state index in [1.807, 2.05) is 6.07 Å². The topological polar surface area (TPSA) is 109 Å². The second kappa shape index (κ2) is 10.0. The molecule has 4 rings (SSSR count). The summed E-state index contributed by atoms with van der Waals surface area (Å²) >= 11 is 0. The minimum absolute atomic E-state index is 0.0625. The van der Waals surface area contributed by atoms with E-state index in [0.717, 1.165) is 12.1 Å². The molecule has 0 unspecified atom stereocenters. The van der Waals surface area contributed by atoms with E-state index < -0.39 is 18.5 Å². The summed E-state index contributed by atoms with van der Waals surface area (Å²) in [4.78, 5) is 40.2.